The summed E-state index contributed by atoms with van der Waals surface area (Å²) in [4.78, 5) is 17.2. The van der Waals surface area contributed by atoms with Gasteiger partial charge in [0.25, 0.3) is 0 Å². The van der Waals surface area contributed by atoms with Gasteiger partial charge in [-0.1, -0.05) is 25.5 Å². The molecule has 2 heterocycles. The third-order valence-electron chi connectivity index (χ3n) is 5.10. The first-order chi connectivity index (χ1) is 11.8. The molecule has 2 fully saturated rings. The predicted octanol–water partition coefficient (Wildman–Crippen LogP) is 2.73. The topological polar surface area (TPSA) is 44.8 Å². The van der Waals surface area contributed by atoms with Gasteiger partial charge in [0.05, 0.1) is 31.1 Å². The van der Waals surface area contributed by atoms with Crippen LogP contribution in [0.5, 0.6) is 0 Å². The lowest BCUT2D eigenvalue weighted by Gasteiger charge is -2.35. The van der Waals surface area contributed by atoms with Crippen molar-refractivity contribution in [1.29, 1.82) is 0 Å². The van der Waals surface area contributed by atoms with E-state index in [2.05, 4.69) is 28.1 Å². The van der Waals surface area contributed by atoms with Crippen molar-refractivity contribution < 1.29 is 9.53 Å². The highest BCUT2D eigenvalue weighted by Crippen LogP contribution is 2.26. The molecule has 0 saturated carbocycles. The Bertz CT molecular complexity index is 543. The predicted molar refractivity (Wildman–Crippen MR) is 97.6 cm³/mol. The van der Waals surface area contributed by atoms with Crippen LogP contribution in [0.2, 0.25) is 0 Å². The van der Waals surface area contributed by atoms with Gasteiger partial charge in [0.1, 0.15) is 0 Å². The summed E-state index contributed by atoms with van der Waals surface area (Å²) in [5, 5.41) is 3.14. The number of ether oxygens (including phenoxy) is 1. The number of morpholine rings is 1. The largest absolute Gasteiger partial charge is 0.378 e. The van der Waals surface area contributed by atoms with E-state index in [4.69, 9.17) is 4.74 Å². The van der Waals surface area contributed by atoms with Crippen molar-refractivity contribution >= 4 is 17.3 Å². The fraction of sp³-hybridized carbons (Fsp3) is 0.632. The molecule has 1 atom stereocenters. The minimum atomic E-state index is 0.0936. The Morgan fingerprint density at radius 1 is 1.21 bits per heavy atom. The summed E-state index contributed by atoms with van der Waals surface area (Å²) in [5.74, 6) is 0.0936. The number of nitrogens with zero attached hydrogens (tertiary/aromatic N) is 2. The van der Waals surface area contributed by atoms with E-state index in [1.165, 1.54) is 19.3 Å². The minimum Gasteiger partial charge on any atom is -0.378 e. The molecular weight excluding hydrogens is 302 g/mol. The van der Waals surface area contributed by atoms with Crippen molar-refractivity contribution in [3.05, 3.63) is 24.3 Å². The van der Waals surface area contributed by atoms with E-state index in [1.54, 1.807) is 0 Å². The van der Waals surface area contributed by atoms with Crippen LogP contribution in [0.1, 0.15) is 32.6 Å². The van der Waals surface area contributed by atoms with Crippen LogP contribution in [0.25, 0.3) is 0 Å². The zero-order valence-corrected chi connectivity index (χ0v) is 14.7. The van der Waals surface area contributed by atoms with Gasteiger partial charge in [0, 0.05) is 19.1 Å². The van der Waals surface area contributed by atoms with E-state index in [9.17, 15) is 4.79 Å². The molecular formula is C19H29N3O2. The van der Waals surface area contributed by atoms with Crippen molar-refractivity contribution in [2.45, 2.75) is 38.6 Å². The van der Waals surface area contributed by atoms with Gasteiger partial charge in [-0.2, -0.15) is 0 Å². The van der Waals surface area contributed by atoms with Crippen LogP contribution >= 0.6 is 0 Å². The molecule has 1 amide bonds. The zero-order valence-electron chi connectivity index (χ0n) is 14.7. The Labute approximate surface area is 145 Å². The molecule has 1 unspecified atom stereocenters. The highest BCUT2D eigenvalue weighted by Gasteiger charge is 2.23. The maximum atomic E-state index is 12.6. The van der Waals surface area contributed by atoms with E-state index in [1.807, 2.05) is 18.2 Å². The zero-order chi connectivity index (χ0) is 16.8. The number of carbonyl (C=O) groups excluding carboxylic acids is 1. The monoisotopic (exact) mass is 331 g/mol. The first-order valence-electron chi connectivity index (χ1n) is 9.23. The smallest absolute Gasteiger partial charge is 0.238 e. The third kappa shape index (κ3) is 4.28. The average molecular weight is 331 g/mol. The number of benzene rings is 1. The number of piperidine rings is 1. The Kier molecular flexibility index (Phi) is 6.10. The van der Waals surface area contributed by atoms with Gasteiger partial charge in [-0.15, -0.1) is 0 Å². The molecule has 1 aromatic rings. The summed E-state index contributed by atoms with van der Waals surface area (Å²) in [6.45, 7) is 6.98. The Morgan fingerprint density at radius 2 is 2.00 bits per heavy atom. The van der Waals surface area contributed by atoms with Crippen LogP contribution in [-0.2, 0) is 9.53 Å². The van der Waals surface area contributed by atoms with Crippen molar-refractivity contribution in [2.24, 2.45) is 0 Å². The van der Waals surface area contributed by atoms with Crippen LogP contribution in [0.15, 0.2) is 24.3 Å². The molecule has 24 heavy (non-hydrogen) atoms. The van der Waals surface area contributed by atoms with Crippen molar-refractivity contribution in [3.63, 3.8) is 0 Å². The lowest BCUT2D eigenvalue weighted by molar-refractivity contribution is -0.118. The van der Waals surface area contributed by atoms with Gasteiger partial charge < -0.3 is 15.0 Å². The van der Waals surface area contributed by atoms with Crippen molar-refractivity contribution in [2.75, 3.05) is 49.6 Å². The number of nitrogens with one attached hydrogen (secondary N) is 1. The van der Waals surface area contributed by atoms with E-state index < -0.39 is 0 Å². The second kappa shape index (κ2) is 8.49. The van der Waals surface area contributed by atoms with Crippen LogP contribution in [0, 0.1) is 0 Å². The van der Waals surface area contributed by atoms with Gasteiger partial charge in [0.2, 0.25) is 5.91 Å². The van der Waals surface area contributed by atoms with E-state index in [-0.39, 0.29) is 5.91 Å². The number of para-hydroxylation sites is 2. The summed E-state index contributed by atoms with van der Waals surface area (Å²) in [6, 6.07) is 8.64. The molecule has 1 N–H and O–H groups in total. The van der Waals surface area contributed by atoms with Crippen molar-refractivity contribution in [1.82, 2.24) is 4.90 Å². The summed E-state index contributed by atoms with van der Waals surface area (Å²) >= 11 is 0. The quantitative estimate of drug-likeness (QED) is 0.901. The first kappa shape index (κ1) is 17.2. The molecule has 5 nitrogen and oxygen atoms in total. The van der Waals surface area contributed by atoms with E-state index in [0.717, 1.165) is 50.6 Å². The summed E-state index contributed by atoms with van der Waals surface area (Å²) in [6.07, 6.45) is 4.83. The molecule has 5 heteroatoms. The number of rotatable bonds is 5. The SMILES string of the molecule is CCC1CCCCN1CC(=O)Nc1ccccc1N1CCOCC1. The molecule has 1 aromatic carbocycles. The number of anilines is 2. The molecule has 0 radical (unpaired) electrons. The minimum absolute atomic E-state index is 0.0936. The number of likely N-dealkylation sites (tertiary alicyclic amines) is 1. The fourth-order valence-electron chi connectivity index (χ4n) is 3.76. The highest BCUT2D eigenvalue weighted by atomic mass is 16.5. The summed E-state index contributed by atoms with van der Waals surface area (Å²) in [7, 11) is 0. The van der Waals surface area contributed by atoms with Crippen LogP contribution in [0.3, 0.4) is 0 Å². The van der Waals surface area contributed by atoms with Gasteiger partial charge in [0.15, 0.2) is 0 Å². The molecule has 0 aromatic heterocycles. The van der Waals surface area contributed by atoms with Gasteiger partial charge in [-0.05, 0) is 37.9 Å². The lowest BCUT2D eigenvalue weighted by Crippen LogP contribution is -2.43. The normalized spacial score (nSPS) is 22.4. The standard InChI is InChI=1S/C19H29N3O2/c1-2-16-7-5-6-10-22(16)15-19(23)20-17-8-3-4-9-18(17)21-11-13-24-14-12-21/h3-4,8-9,16H,2,5-7,10-15H2,1H3,(H,20,23). The molecule has 2 saturated heterocycles. The molecule has 132 valence electrons. The molecule has 3 rings (SSSR count). The Balaban J connectivity index is 1.63. The first-order valence-corrected chi connectivity index (χ1v) is 9.23. The van der Waals surface area contributed by atoms with Crippen LogP contribution in [-0.4, -0.2) is 56.2 Å². The second-order valence-electron chi connectivity index (χ2n) is 6.69. The molecule has 0 spiro atoms. The van der Waals surface area contributed by atoms with Gasteiger partial charge >= 0.3 is 0 Å². The maximum Gasteiger partial charge on any atom is 0.238 e. The van der Waals surface area contributed by atoms with E-state index in [0.29, 0.717) is 12.6 Å². The van der Waals surface area contributed by atoms with Crippen LogP contribution < -0.4 is 10.2 Å². The number of amides is 1. The Morgan fingerprint density at radius 3 is 2.79 bits per heavy atom. The summed E-state index contributed by atoms with van der Waals surface area (Å²) in [5.41, 5.74) is 2.01. The maximum absolute atomic E-state index is 12.6. The van der Waals surface area contributed by atoms with E-state index >= 15 is 0 Å². The second-order valence-corrected chi connectivity index (χ2v) is 6.69. The van der Waals surface area contributed by atoms with Gasteiger partial charge in [-0.3, -0.25) is 9.69 Å². The van der Waals surface area contributed by atoms with Crippen molar-refractivity contribution in [3.8, 4) is 0 Å². The molecule has 0 bridgehead atoms. The average Bonchev–Trinajstić information content (AvgIpc) is 2.63. The molecule has 2 aliphatic rings. The third-order valence-corrected chi connectivity index (χ3v) is 5.10. The molecule has 0 aliphatic carbocycles. The fourth-order valence-corrected chi connectivity index (χ4v) is 3.76. The van der Waals surface area contributed by atoms with Crippen LogP contribution in [0.4, 0.5) is 11.4 Å². The lowest BCUT2D eigenvalue weighted by atomic mass is 10.00. The number of carbonyl (C=O) groups is 1. The number of hydrogen-bond donors (Lipinski definition) is 1. The number of hydrogen-bond acceptors (Lipinski definition) is 4. The highest BCUT2D eigenvalue weighted by molar-refractivity contribution is 5.95. The van der Waals surface area contributed by atoms with Gasteiger partial charge in [-0.25, -0.2) is 0 Å². The Hall–Kier alpha value is -1.59. The summed E-state index contributed by atoms with van der Waals surface area (Å²) < 4.78 is 5.43. The molecule has 2 aliphatic heterocycles.